The van der Waals surface area contributed by atoms with Crippen LogP contribution in [-0.2, 0) is 0 Å². The molecule has 0 spiro atoms. The summed E-state index contributed by atoms with van der Waals surface area (Å²) in [6.45, 7) is 2.35. The molecule has 4 nitrogen and oxygen atoms in total. The second kappa shape index (κ2) is 4.04. The van der Waals surface area contributed by atoms with Gasteiger partial charge in [-0.05, 0) is 37.5 Å². The average molecular weight is 245 g/mol. The Morgan fingerprint density at radius 2 is 2.17 bits per heavy atom. The van der Waals surface area contributed by atoms with Crippen LogP contribution in [0, 0.1) is 5.41 Å². The number of fused-ring (bicyclic) bond motifs is 2. The lowest BCUT2D eigenvalue weighted by Gasteiger charge is -2.38. The van der Waals surface area contributed by atoms with Crippen LogP contribution in [0.15, 0.2) is 18.6 Å². The SMILES string of the molecule is C[C@@]12CCC[C@@](NC(=O)c3cnccn3)(CC1)C2. The topological polar surface area (TPSA) is 54.9 Å². The third-order valence-corrected chi connectivity index (χ3v) is 4.58. The van der Waals surface area contributed by atoms with Gasteiger partial charge in [-0.3, -0.25) is 9.78 Å². The summed E-state index contributed by atoms with van der Waals surface area (Å²) in [5.41, 5.74) is 0.876. The normalized spacial score (nSPS) is 34.3. The molecule has 1 N–H and O–H groups in total. The summed E-state index contributed by atoms with van der Waals surface area (Å²) in [6, 6.07) is 0. The van der Waals surface area contributed by atoms with Crippen molar-refractivity contribution in [2.75, 3.05) is 0 Å². The highest BCUT2D eigenvalue weighted by atomic mass is 16.2. The van der Waals surface area contributed by atoms with Gasteiger partial charge < -0.3 is 5.32 Å². The molecule has 96 valence electrons. The molecule has 2 aliphatic rings. The van der Waals surface area contributed by atoms with Crippen molar-refractivity contribution in [3.05, 3.63) is 24.3 Å². The van der Waals surface area contributed by atoms with Gasteiger partial charge in [0, 0.05) is 17.9 Å². The predicted molar refractivity (Wildman–Crippen MR) is 68.0 cm³/mol. The number of hydrogen-bond donors (Lipinski definition) is 1. The molecule has 2 atom stereocenters. The Bertz CT molecular complexity index is 461. The summed E-state index contributed by atoms with van der Waals surface area (Å²) in [6.07, 6.45) is 11.8. The zero-order valence-electron chi connectivity index (χ0n) is 10.8. The Kier molecular flexibility index (Phi) is 2.61. The minimum absolute atomic E-state index is 0.0155. The summed E-state index contributed by atoms with van der Waals surface area (Å²) in [5, 5.41) is 3.22. The van der Waals surface area contributed by atoms with E-state index in [0.29, 0.717) is 11.1 Å². The Labute approximate surface area is 107 Å². The molecule has 2 bridgehead atoms. The third-order valence-electron chi connectivity index (χ3n) is 4.58. The first kappa shape index (κ1) is 11.6. The molecule has 1 amide bonds. The molecule has 18 heavy (non-hydrogen) atoms. The number of amides is 1. The molecule has 4 heteroatoms. The fourth-order valence-electron chi connectivity index (χ4n) is 3.71. The number of nitrogens with one attached hydrogen (secondary N) is 1. The van der Waals surface area contributed by atoms with Gasteiger partial charge in [0.1, 0.15) is 5.69 Å². The molecule has 3 rings (SSSR count). The molecule has 0 aromatic carbocycles. The molecule has 0 radical (unpaired) electrons. The maximum atomic E-state index is 12.2. The van der Waals surface area contributed by atoms with Crippen LogP contribution in [0.3, 0.4) is 0 Å². The second-order valence-corrected chi connectivity index (χ2v) is 6.17. The van der Waals surface area contributed by atoms with Crippen LogP contribution < -0.4 is 5.32 Å². The highest BCUT2D eigenvalue weighted by molar-refractivity contribution is 5.92. The molecule has 0 unspecified atom stereocenters. The predicted octanol–water partition coefficient (Wildman–Crippen LogP) is 2.32. The quantitative estimate of drug-likeness (QED) is 0.870. The van der Waals surface area contributed by atoms with Crippen molar-refractivity contribution in [1.29, 1.82) is 0 Å². The number of rotatable bonds is 2. The highest BCUT2D eigenvalue weighted by Gasteiger charge is 2.49. The molecule has 0 aliphatic heterocycles. The van der Waals surface area contributed by atoms with Crippen molar-refractivity contribution in [2.45, 2.75) is 51.0 Å². The molecule has 1 heterocycles. The van der Waals surface area contributed by atoms with Gasteiger partial charge in [-0.25, -0.2) is 4.98 Å². The van der Waals surface area contributed by atoms with Crippen molar-refractivity contribution in [3.63, 3.8) is 0 Å². The van der Waals surface area contributed by atoms with E-state index in [-0.39, 0.29) is 11.4 Å². The Morgan fingerprint density at radius 1 is 1.28 bits per heavy atom. The Balaban J connectivity index is 1.75. The van der Waals surface area contributed by atoms with Gasteiger partial charge in [0.15, 0.2) is 0 Å². The smallest absolute Gasteiger partial charge is 0.271 e. The van der Waals surface area contributed by atoms with E-state index in [1.165, 1.54) is 25.5 Å². The van der Waals surface area contributed by atoms with Crippen LogP contribution >= 0.6 is 0 Å². The molecule has 2 aliphatic carbocycles. The standard InChI is InChI=1S/C14H19N3O/c1-13-3-2-4-14(10-13,6-5-13)17-12(18)11-9-15-7-8-16-11/h7-9H,2-6,10H2,1H3,(H,17,18)/t13-,14-/m1/s1. The van der Waals surface area contributed by atoms with Gasteiger partial charge in [0.05, 0.1) is 6.20 Å². The van der Waals surface area contributed by atoms with E-state index in [0.717, 1.165) is 19.3 Å². The van der Waals surface area contributed by atoms with Crippen LogP contribution in [0.25, 0.3) is 0 Å². The van der Waals surface area contributed by atoms with Crippen LogP contribution in [0.5, 0.6) is 0 Å². The van der Waals surface area contributed by atoms with Gasteiger partial charge in [-0.1, -0.05) is 13.3 Å². The molecular formula is C14H19N3O. The minimum Gasteiger partial charge on any atom is -0.345 e. The van der Waals surface area contributed by atoms with Crippen LogP contribution in [0.4, 0.5) is 0 Å². The Hall–Kier alpha value is -1.45. The first-order valence-electron chi connectivity index (χ1n) is 6.70. The molecule has 0 saturated heterocycles. The second-order valence-electron chi connectivity index (χ2n) is 6.17. The molecule has 1 aromatic heterocycles. The fourth-order valence-corrected chi connectivity index (χ4v) is 3.71. The van der Waals surface area contributed by atoms with E-state index in [2.05, 4.69) is 22.2 Å². The lowest BCUT2D eigenvalue weighted by Crippen LogP contribution is -2.48. The Morgan fingerprint density at radius 3 is 2.94 bits per heavy atom. The maximum absolute atomic E-state index is 12.2. The maximum Gasteiger partial charge on any atom is 0.271 e. The van der Waals surface area contributed by atoms with Gasteiger partial charge >= 0.3 is 0 Å². The van der Waals surface area contributed by atoms with Crippen LogP contribution in [0.1, 0.15) is 55.9 Å². The van der Waals surface area contributed by atoms with Gasteiger partial charge in [-0.15, -0.1) is 0 Å². The van der Waals surface area contributed by atoms with E-state index >= 15 is 0 Å². The number of carbonyl (C=O) groups excluding carboxylic acids is 1. The van der Waals surface area contributed by atoms with Crippen molar-refractivity contribution >= 4 is 5.91 Å². The van der Waals surface area contributed by atoms with E-state index in [4.69, 9.17) is 0 Å². The number of nitrogens with zero attached hydrogens (tertiary/aromatic N) is 2. The van der Waals surface area contributed by atoms with E-state index in [1.807, 2.05) is 0 Å². The van der Waals surface area contributed by atoms with E-state index < -0.39 is 0 Å². The summed E-state index contributed by atoms with van der Waals surface area (Å²) < 4.78 is 0. The van der Waals surface area contributed by atoms with Crippen molar-refractivity contribution < 1.29 is 4.79 Å². The van der Waals surface area contributed by atoms with E-state index in [1.54, 1.807) is 12.4 Å². The summed E-state index contributed by atoms with van der Waals surface area (Å²) >= 11 is 0. The minimum atomic E-state index is -0.0748. The van der Waals surface area contributed by atoms with Gasteiger partial charge in [0.2, 0.25) is 0 Å². The monoisotopic (exact) mass is 245 g/mol. The van der Waals surface area contributed by atoms with Gasteiger partial charge in [-0.2, -0.15) is 0 Å². The first-order valence-corrected chi connectivity index (χ1v) is 6.70. The van der Waals surface area contributed by atoms with Gasteiger partial charge in [0.25, 0.3) is 5.91 Å². The summed E-state index contributed by atoms with van der Waals surface area (Å²) in [4.78, 5) is 20.2. The third kappa shape index (κ3) is 2.00. The molecule has 2 fully saturated rings. The lowest BCUT2D eigenvalue weighted by atomic mass is 9.74. The summed E-state index contributed by atoms with van der Waals surface area (Å²) in [5.74, 6) is -0.0748. The number of hydrogen-bond acceptors (Lipinski definition) is 3. The zero-order valence-corrected chi connectivity index (χ0v) is 10.8. The largest absolute Gasteiger partial charge is 0.345 e. The fraction of sp³-hybridized carbons (Fsp3) is 0.643. The van der Waals surface area contributed by atoms with Crippen LogP contribution in [0.2, 0.25) is 0 Å². The number of carbonyl (C=O) groups is 1. The lowest BCUT2D eigenvalue weighted by molar-refractivity contribution is 0.0856. The molecular weight excluding hydrogens is 226 g/mol. The van der Waals surface area contributed by atoms with E-state index in [9.17, 15) is 4.79 Å². The number of aromatic nitrogens is 2. The van der Waals surface area contributed by atoms with Crippen LogP contribution in [-0.4, -0.2) is 21.4 Å². The highest BCUT2D eigenvalue weighted by Crippen LogP contribution is 2.53. The summed E-state index contributed by atoms with van der Waals surface area (Å²) in [7, 11) is 0. The van der Waals surface area contributed by atoms with Crippen molar-refractivity contribution in [3.8, 4) is 0 Å². The zero-order chi connectivity index (χ0) is 12.6. The molecule has 2 saturated carbocycles. The van der Waals surface area contributed by atoms with Crippen molar-refractivity contribution in [1.82, 2.24) is 15.3 Å². The van der Waals surface area contributed by atoms with Crippen molar-refractivity contribution in [2.24, 2.45) is 5.41 Å². The average Bonchev–Trinajstić information content (AvgIpc) is 2.60. The molecule has 1 aromatic rings. The first-order chi connectivity index (χ1) is 8.61.